The summed E-state index contributed by atoms with van der Waals surface area (Å²) >= 11 is 6.52. The fourth-order valence-corrected chi connectivity index (χ4v) is 2.84. The summed E-state index contributed by atoms with van der Waals surface area (Å²) in [6.45, 7) is 12.0. The molecule has 1 aromatic carbocycles. The minimum absolute atomic E-state index is 0.721. The Bertz CT molecular complexity index is 812. The van der Waals surface area contributed by atoms with Crippen molar-refractivity contribution in [3.05, 3.63) is 58.6 Å². The van der Waals surface area contributed by atoms with Crippen LogP contribution in [0.1, 0.15) is 34.1 Å². The van der Waals surface area contributed by atoms with Gasteiger partial charge in [-0.1, -0.05) is 30.7 Å². The normalized spacial score (nSPS) is 13.7. The number of benzene rings is 1. The predicted octanol–water partition coefficient (Wildman–Crippen LogP) is 5.73. The summed E-state index contributed by atoms with van der Waals surface area (Å²) in [4.78, 5) is 4.32. The highest BCUT2D eigenvalue weighted by atomic mass is 35.5. The minimum Gasteiger partial charge on any atom is -0.461 e. The van der Waals surface area contributed by atoms with Gasteiger partial charge in [-0.15, -0.1) is 0 Å². The van der Waals surface area contributed by atoms with Crippen LogP contribution in [-0.4, -0.2) is 9.55 Å². The van der Waals surface area contributed by atoms with Gasteiger partial charge in [-0.25, -0.2) is 4.98 Å². The molecule has 0 spiro atoms. The van der Waals surface area contributed by atoms with Crippen LogP contribution in [-0.2, 0) is 7.05 Å². The van der Waals surface area contributed by atoms with E-state index in [-0.39, 0.29) is 0 Å². The molecule has 3 nitrogen and oxygen atoms in total. The van der Waals surface area contributed by atoms with E-state index in [1.807, 2.05) is 50.6 Å². The van der Waals surface area contributed by atoms with E-state index < -0.39 is 0 Å². The van der Waals surface area contributed by atoms with Gasteiger partial charge >= 0.3 is 0 Å². The van der Waals surface area contributed by atoms with Crippen LogP contribution in [0.4, 0.5) is 0 Å². The lowest BCUT2D eigenvalue weighted by Gasteiger charge is -2.15. The Morgan fingerprint density at radius 3 is 2.61 bits per heavy atom. The van der Waals surface area contributed by atoms with Crippen LogP contribution in [0.2, 0.25) is 0 Å². The van der Waals surface area contributed by atoms with E-state index in [1.54, 1.807) is 6.33 Å². The second kappa shape index (κ2) is 7.05. The molecule has 122 valence electrons. The number of ether oxygens (including phenoxy) is 1. The van der Waals surface area contributed by atoms with Crippen molar-refractivity contribution in [2.75, 3.05) is 0 Å². The summed E-state index contributed by atoms with van der Waals surface area (Å²) in [5.41, 5.74) is 4.85. The molecule has 1 heterocycles. The van der Waals surface area contributed by atoms with E-state index in [2.05, 4.69) is 18.5 Å². The summed E-state index contributed by atoms with van der Waals surface area (Å²) in [5, 5.41) is 0.721. The van der Waals surface area contributed by atoms with Gasteiger partial charge in [-0.05, 0) is 44.9 Å². The fraction of sp³-hybridized carbons (Fsp3) is 0.316. The Hall–Kier alpha value is -2.00. The zero-order valence-electron chi connectivity index (χ0n) is 14.4. The van der Waals surface area contributed by atoms with Crippen molar-refractivity contribution in [2.45, 2.75) is 34.1 Å². The molecule has 0 aliphatic heterocycles. The molecule has 2 aromatic rings. The maximum Gasteiger partial charge on any atom is 0.129 e. The third-order valence-electron chi connectivity index (χ3n) is 3.87. The van der Waals surface area contributed by atoms with E-state index in [1.165, 1.54) is 0 Å². The molecule has 0 amide bonds. The molecule has 0 unspecified atom stereocenters. The van der Waals surface area contributed by atoms with E-state index in [0.717, 1.165) is 50.7 Å². The molecule has 0 aliphatic rings. The number of hydrogen-bond donors (Lipinski definition) is 0. The first kappa shape index (κ1) is 17.4. The zero-order valence-corrected chi connectivity index (χ0v) is 15.2. The number of allylic oxidation sites excluding steroid dienone is 5. The van der Waals surface area contributed by atoms with Crippen molar-refractivity contribution in [1.29, 1.82) is 0 Å². The minimum atomic E-state index is 0.721. The van der Waals surface area contributed by atoms with Gasteiger partial charge < -0.3 is 9.30 Å². The van der Waals surface area contributed by atoms with Crippen molar-refractivity contribution < 1.29 is 4.74 Å². The molecule has 0 N–H and O–H groups in total. The van der Waals surface area contributed by atoms with E-state index in [0.29, 0.717) is 0 Å². The highest BCUT2D eigenvalue weighted by Crippen LogP contribution is 2.31. The number of imidazole rings is 1. The van der Waals surface area contributed by atoms with E-state index in [4.69, 9.17) is 16.3 Å². The lowest BCUT2D eigenvalue weighted by atomic mass is 10.0. The third kappa shape index (κ3) is 3.67. The van der Waals surface area contributed by atoms with Crippen LogP contribution in [0.3, 0.4) is 0 Å². The van der Waals surface area contributed by atoms with Gasteiger partial charge in [0, 0.05) is 18.7 Å². The SMILES string of the molecule is C=C(C)C(=C(\C)Oc1ccc2ncn(C)c2c1)/C(Cl)=C(\C)CC. The molecule has 4 heteroatoms. The standard InChI is InChI=1S/C19H23ClN2O/c1-7-13(4)19(20)18(12(2)3)14(5)23-15-8-9-16-17(10-15)22(6)11-21-16/h8-11H,2,7H2,1,3-6H3/b18-14-,19-13-. The molecule has 0 saturated heterocycles. The topological polar surface area (TPSA) is 27.1 Å². The number of nitrogens with zero attached hydrogens (tertiary/aromatic N) is 2. The number of hydrogen-bond acceptors (Lipinski definition) is 2. The van der Waals surface area contributed by atoms with Crippen LogP contribution in [0.25, 0.3) is 11.0 Å². The lowest BCUT2D eigenvalue weighted by Crippen LogP contribution is -2.00. The summed E-state index contributed by atoms with van der Waals surface area (Å²) in [6.07, 6.45) is 2.69. The molecule has 0 fully saturated rings. The molecule has 0 saturated carbocycles. The monoisotopic (exact) mass is 330 g/mol. The highest BCUT2D eigenvalue weighted by molar-refractivity contribution is 6.32. The molecule has 2 rings (SSSR count). The number of fused-ring (bicyclic) bond motifs is 1. The summed E-state index contributed by atoms with van der Waals surface area (Å²) in [6, 6.07) is 5.85. The van der Waals surface area contributed by atoms with Crippen LogP contribution in [0.5, 0.6) is 5.75 Å². The molecular formula is C19H23ClN2O. The van der Waals surface area contributed by atoms with Gasteiger partial charge in [0.25, 0.3) is 0 Å². The van der Waals surface area contributed by atoms with Gasteiger partial charge in [0.2, 0.25) is 0 Å². The Kier molecular flexibility index (Phi) is 5.32. The largest absolute Gasteiger partial charge is 0.461 e. The summed E-state index contributed by atoms with van der Waals surface area (Å²) in [7, 11) is 1.96. The molecule has 0 radical (unpaired) electrons. The molecule has 0 aliphatic carbocycles. The van der Waals surface area contributed by atoms with Crippen molar-refractivity contribution in [3.63, 3.8) is 0 Å². The third-order valence-corrected chi connectivity index (χ3v) is 4.38. The Balaban J connectivity index is 2.44. The Morgan fingerprint density at radius 1 is 1.30 bits per heavy atom. The first-order chi connectivity index (χ1) is 10.8. The second-order valence-corrected chi connectivity index (χ2v) is 6.15. The average Bonchev–Trinajstić information content (AvgIpc) is 2.87. The smallest absolute Gasteiger partial charge is 0.129 e. The molecule has 0 atom stereocenters. The van der Waals surface area contributed by atoms with Crippen LogP contribution in [0, 0.1) is 0 Å². The second-order valence-electron chi connectivity index (χ2n) is 5.77. The number of rotatable bonds is 5. The maximum atomic E-state index is 6.52. The van der Waals surface area contributed by atoms with E-state index >= 15 is 0 Å². The van der Waals surface area contributed by atoms with E-state index in [9.17, 15) is 0 Å². The molecule has 23 heavy (non-hydrogen) atoms. The van der Waals surface area contributed by atoms with Gasteiger partial charge in [0.15, 0.2) is 0 Å². The van der Waals surface area contributed by atoms with Crippen LogP contribution < -0.4 is 4.74 Å². The lowest BCUT2D eigenvalue weighted by molar-refractivity contribution is 0.424. The first-order valence-electron chi connectivity index (χ1n) is 7.66. The Morgan fingerprint density at radius 2 is 2.00 bits per heavy atom. The van der Waals surface area contributed by atoms with Crippen molar-refractivity contribution in [2.24, 2.45) is 7.05 Å². The fourth-order valence-electron chi connectivity index (χ4n) is 2.41. The van der Waals surface area contributed by atoms with Crippen LogP contribution in [0.15, 0.2) is 58.6 Å². The molecule has 1 aromatic heterocycles. The highest BCUT2D eigenvalue weighted by Gasteiger charge is 2.13. The molecule has 0 bridgehead atoms. The average molecular weight is 331 g/mol. The van der Waals surface area contributed by atoms with Crippen molar-refractivity contribution in [3.8, 4) is 5.75 Å². The first-order valence-corrected chi connectivity index (χ1v) is 8.04. The summed E-state index contributed by atoms with van der Waals surface area (Å²) in [5.74, 6) is 1.51. The maximum absolute atomic E-state index is 6.52. The van der Waals surface area contributed by atoms with Crippen molar-refractivity contribution in [1.82, 2.24) is 9.55 Å². The molecular weight excluding hydrogens is 308 g/mol. The number of aromatic nitrogens is 2. The zero-order chi connectivity index (χ0) is 17.1. The quantitative estimate of drug-likeness (QED) is 0.517. The summed E-state index contributed by atoms with van der Waals surface area (Å²) < 4.78 is 8.01. The van der Waals surface area contributed by atoms with Gasteiger partial charge in [-0.2, -0.15) is 0 Å². The Labute approximate surface area is 142 Å². The van der Waals surface area contributed by atoms with Crippen LogP contribution >= 0.6 is 11.6 Å². The predicted molar refractivity (Wildman–Crippen MR) is 97.7 cm³/mol. The van der Waals surface area contributed by atoms with Gasteiger partial charge in [0.1, 0.15) is 11.5 Å². The van der Waals surface area contributed by atoms with Crippen molar-refractivity contribution >= 4 is 22.6 Å². The van der Waals surface area contributed by atoms with Gasteiger partial charge in [-0.3, -0.25) is 0 Å². The number of aryl methyl sites for hydroxylation is 1. The number of halogens is 1. The van der Waals surface area contributed by atoms with Gasteiger partial charge in [0.05, 0.1) is 22.4 Å².